The number of anilines is 1. The van der Waals surface area contributed by atoms with Crippen molar-refractivity contribution >= 4 is 5.69 Å². The molecule has 1 aromatic carbocycles. The summed E-state index contributed by atoms with van der Waals surface area (Å²) in [4.78, 5) is 17.9. The molecule has 0 atom stereocenters. The Kier molecular flexibility index (Phi) is 3.41. The van der Waals surface area contributed by atoms with Gasteiger partial charge in [0.1, 0.15) is 5.75 Å². The first-order valence-electron chi connectivity index (χ1n) is 5.69. The van der Waals surface area contributed by atoms with E-state index in [0.29, 0.717) is 11.4 Å². The minimum atomic E-state index is -0.391. The number of rotatable bonds is 3. The van der Waals surface area contributed by atoms with Crippen molar-refractivity contribution < 1.29 is 9.47 Å². The Morgan fingerprint density at radius 3 is 2.68 bits per heavy atom. The summed E-state index contributed by atoms with van der Waals surface area (Å²) in [5.41, 5.74) is 7.86. The molecule has 0 fully saturated rings. The fourth-order valence-corrected chi connectivity index (χ4v) is 1.65. The van der Waals surface area contributed by atoms with Crippen LogP contribution in [-0.4, -0.2) is 17.1 Å². The maximum Gasteiger partial charge on any atom is 0.297 e. The number of methoxy groups -OCH3 is 1. The second kappa shape index (κ2) is 5.01. The summed E-state index contributed by atoms with van der Waals surface area (Å²) in [6.45, 7) is 3.74. The minimum absolute atomic E-state index is 0.0383. The second-order valence-corrected chi connectivity index (χ2v) is 4.15. The lowest BCUT2D eigenvalue weighted by Crippen LogP contribution is -2.11. The highest BCUT2D eigenvalue weighted by Crippen LogP contribution is 2.30. The number of nitrogens with one attached hydrogen (secondary N) is 1. The highest BCUT2D eigenvalue weighted by atomic mass is 16.5. The van der Waals surface area contributed by atoms with Gasteiger partial charge in [0.2, 0.25) is 5.75 Å². The van der Waals surface area contributed by atoms with Gasteiger partial charge < -0.3 is 20.2 Å². The molecule has 19 heavy (non-hydrogen) atoms. The molecule has 0 radical (unpaired) electrons. The standard InChI is InChI=1S/C13H15N3O3/c1-7-5-10(8(2)4-9(7)14)19-13-11(18-3)12(17)15-6-16-13/h4-6H,14H2,1-3H3,(H,15,16,17). The third-order valence-electron chi connectivity index (χ3n) is 2.75. The Hall–Kier alpha value is -2.50. The molecule has 0 spiro atoms. The normalized spacial score (nSPS) is 10.3. The number of aryl methyl sites for hydroxylation is 2. The van der Waals surface area contributed by atoms with Crippen LogP contribution in [-0.2, 0) is 0 Å². The molecule has 0 saturated carbocycles. The van der Waals surface area contributed by atoms with Crippen LogP contribution in [0, 0.1) is 13.8 Å². The molecule has 0 aliphatic carbocycles. The number of aromatic amines is 1. The zero-order valence-corrected chi connectivity index (χ0v) is 11.0. The van der Waals surface area contributed by atoms with Gasteiger partial charge in [0, 0.05) is 5.69 Å². The lowest BCUT2D eigenvalue weighted by Gasteiger charge is -2.12. The van der Waals surface area contributed by atoms with Gasteiger partial charge in [0.05, 0.1) is 13.4 Å². The average Bonchev–Trinajstić information content (AvgIpc) is 2.36. The van der Waals surface area contributed by atoms with E-state index in [1.54, 1.807) is 6.07 Å². The number of nitrogens with zero attached hydrogens (tertiary/aromatic N) is 1. The van der Waals surface area contributed by atoms with Gasteiger partial charge in [-0.25, -0.2) is 4.98 Å². The van der Waals surface area contributed by atoms with Crippen LogP contribution in [0.3, 0.4) is 0 Å². The SMILES string of the molecule is COc1c(Oc2cc(C)c(N)cc2C)nc[nH]c1=O. The first-order valence-corrected chi connectivity index (χ1v) is 5.69. The molecule has 0 unspecified atom stereocenters. The number of hydrogen-bond donors (Lipinski definition) is 2. The molecule has 0 saturated heterocycles. The maximum atomic E-state index is 11.5. The molecular weight excluding hydrogens is 246 g/mol. The number of hydrogen-bond acceptors (Lipinski definition) is 5. The zero-order valence-electron chi connectivity index (χ0n) is 11.0. The van der Waals surface area contributed by atoms with Gasteiger partial charge >= 0.3 is 0 Å². The van der Waals surface area contributed by atoms with Gasteiger partial charge in [-0.15, -0.1) is 0 Å². The van der Waals surface area contributed by atoms with E-state index >= 15 is 0 Å². The molecule has 0 aliphatic heterocycles. The molecule has 0 bridgehead atoms. The predicted molar refractivity (Wildman–Crippen MR) is 71.8 cm³/mol. The first-order chi connectivity index (χ1) is 9.02. The Bertz CT molecular complexity index is 665. The van der Waals surface area contributed by atoms with E-state index in [1.165, 1.54) is 13.4 Å². The zero-order chi connectivity index (χ0) is 14.0. The molecule has 0 amide bonds. The van der Waals surface area contributed by atoms with Crippen molar-refractivity contribution in [2.45, 2.75) is 13.8 Å². The molecule has 2 rings (SSSR count). The third kappa shape index (κ3) is 2.52. The lowest BCUT2D eigenvalue weighted by molar-refractivity contribution is 0.362. The molecule has 3 N–H and O–H groups in total. The van der Waals surface area contributed by atoms with Crippen molar-refractivity contribution in [2.24, 2.45) is 0 Å². The van der Waals surface area contributed by atoms with Crippen molar-refractivity contribution in [1.29, 1.82) is 0 Å². The van der Waals surface area contributed by atoms with E-state index in [9.17, 15) is 4.79 Å². The van der Waals surface area contributed by atoms with Gasteiger partial charge in [-0.3, -0.25) is 4.79 Å². The predicted octanol–water partition coefficient (Wildman–Crippen LogP) is 1.77. The number of nitrogen functional groups attached to an aromatic ring is 1. The average molecular weight is 261 g/mol. The summed E-state index contributed by atoms with van der Waals surface area (Å²) in [5.74, 6) is 0.748. The molecule has 100 valence electrons. The smallest absolute Gasteiger partial charge is 0.297 e. The molecular formula is C13H15N3O3. The summed E-state index contributed by atoms with van der Waals surface area (Å²) >= 11 is 0. The lowest BCUT2D eigenvalue weighted by atomic mass is 10.1. The fourth-order valence-electron chi connectivity index (χ4n) is 1.65. The van der Waals surface area contributed by atoms with Crippen LogP contribution in [0.15, 0.2) is 23.3 Å². The Labute approximate surface area is 110 Å². The molecule has 6 nitrogen and oxygen atoms in total. The van der Waals surface area contributed by atoms with Crippen LogP contribution in [0.2, 0.25) is 0 Å². The van der Waals surface area contributed by atoms with E-state index in [1.807, 2.05) is 19.9 Å². The quantitative estimate of drug-likeness (QED) is 0.822. The van der Waals surface area contributed by atoms with E-state index in [4.69, 9.17) is 15.2 Å². The molecule has 2 aromatic rings. The van der Waals surface area contributed by atoms with Crippen molar-refractivity contribution in [3.8, 4) is 17.4 Å². The van der Waals surface area contributed by atoms with Crippen LogP contribution < -0.4 is 20.8 Å². The summed E-state index contributed by atoms with van der Waals surface area (Å²) in [7, 11) is 1.39. The fraction of sp³-hybridized carbons (Fsp3) is 0.231. The van der Waals surface area contributed by atoms with Gasteiger partial charge in [-0.05, 0) is 37.1 Å². The van der Waals surface area contributed by atoms with E-state index in [-0.39, 0.29) is 11.6 Å². The summed E-state index contributed by atoms with van der Waals surface area (Å²) in [6.07, 6.45) is 1.26. The van der Waals surface area contributed by atoms with Crippen LogP contribution in [0.1, 0.15) is 11.1 Å². The summed E-state index contributed by atoms with van der Waals surface area (Å²) in [5, 5.41) is 0. The largest absolute Gasteiger partial charge is 0.487 e. The van der Waals surface area contributed by atoms with Crippen molar-refractivity contribution in [3.05, 3.63) is 39.9 Å². The Balaban J connectivity index is 2.45. The Morgan fingerprint density at radius 1 is 1.26 bits per heavy atom. The molecule has 0 aliphatic rings. The number of ether oxygens (including phenoxy) is 2. The van der Waals surface area contributed by atoms with Crippen LogP contribution in [0.4, 0.5) is 5.69 Å². The third-order valence-corrected chi connectivity index (χ3v) is 2.75. The number of benzene rings is 1. The highest BCUT2D eigenvalue weighted by Gasteiger charge is 2.13. The van der Waals surface area contributed by atoms with E-state index < -0.39 is 5.56 Å². The van der Waals surface area contributed by atoms with Gasteiger partial charge in [-0.1, -0.05) is 0 Å². The summed E-state index contributed by atoms with van der Waals surface area (Å²) < 4.78 is 10.6. The second-order valence-electron chi connectivity index (χ2n) is 4.15. The Morgan fingerprint density at radius 2 is 2.00 bits per heavy atom. The van der Waals surface area contributed by atoms with Crippen LogP contribution in [0.25, 0.3) is 0 Å². The van der Waals surface area contributed by atoms with Gasteiger partial charge in [0.15, 0.2) is 0 Å². The van der Waals surface area contributed by atoms with E-state index in [0.717, 1.165) is 11.1 Å². The number of aromatic nitrogens is 2. The van der Waals surface area contributed by atoms with Crippen LogP contribution in [0.5, 0.6) is 17.4 Å². The van der Waals surface area contributed by atoms with Crippen molar-refractivity contribution in [2.75, 3.05) is 12.8 Å². The number of nitrogens with two attached hydrogens (primary N) is 1. The minimum Gasteiger partial charge on any atom is -0.487 e. The summed E-state index contributed by atoms with van der Waals surface area (Å²) in [6, 6.07) is 3.61. The van der Waals surface area contributed by atoms with Crippen LogP contribution >= 0.6 is 0 Å². The van der Waals surface area contributed by atoms with Crippen molar-refractivity contribution in [1.82, 2.24) is 9.97 Å². The highest BCUT2D eigenvalue weighted by molar-refractivity contribution is 5.54. The van der Waals surface area contributed by atoms with Crippen molar-refractivity contribution in [3.63, 3.8) is 0 Å². The van der Waals surface area contributed by atoms with Gasteiger partial charge in [0.25, 0.3) is 11.4 Å². The van der Waals surface area contributed by atoms with Gasteiger partial charge in [-0.2, -0.15) is 0 Å². The topological polar surface area (TPSA) is 90.2 Å². The molecule has 1 heterocycles. The molecule has 6 heteroatoms. The molecule has 1 aromatic heterocycles. The number of H-pyrrole nitrogens is 1. The van der Waals surface area contributed by atoms with E-state index in [2.05, 4.69) is 9.97 Å². The monoisotopic (exact) mass is 261 g/mol. The maximum absolute atomic E-state index is 11.5. The first kappa shape index (κ1) is 12.9.